The van der Waals surface area contributed by atoms with Gasteiger partial charge < -0.3 is 15.2 Å². The van der Waals surface area contributed by atoms with Crippen LogP contribution in [0, 0.1) is 0 Å². The van der Waals surface area contributed by atoms with Gasteiger partial charge in [0.05, 0.1) is 6.04 Å². The van der Waals surface area contributed by atoms with Crippen LogP contribution >= 0.6 is 0 Å². The van der Waals surface area contributed by atoms with Gasteiger partial charge in [0.1, 0.15) is 0 Å². The molecule has 0 radical (unpaired) electrons. The molecular formula is C16H23NO4. The second-order valence-corrected chi connectivity index (χ2v) is 4.72. The van der Waals surface area contributed by atoms with E-state index in [0.717, 1.165) is 6.42 Å². The van der Waals surface area contributed by atoms with Crippen molar-refractivity contribution in [1.29, 1.82) is 0 Å². The second kappa shape index (κ2) is 10.1. The van der Waals surface area contributed by atoms with Crippen molar-refractivity contribution in [2.75, 3.05) is 19.8 Å². The van der Waals surface area contributed by atoms with Gasteiger partial charge in [-0.25, -0.2) is 0 Å². The minimum Gasteiger partial charge on any atom is -0.481 e. The zero-order chi connectivity index (χ0) is 15.5. The lowest BCUT2D eigenvalue weighted by Gasteiger charge is -2.17. The Morgan fingerprint density at radius 3 is 2.62 bits per heavy atom. The number of carboxylic acid groups (broad SMARTS) is 1. The van der Waals surface area contributed by atoms with E-state index in [4.69, 9.17) is 9.84 Å². The molecule has 1 rings (SSSR count). The Bertz CT molecular complexity index is 433. The average Bonchev–Trinajstić information content (AvgIpc) is 2.50. The zero-order valence-corrected chi connectivity index (χ0v) is 12.4. The van der Waals surface area contributed by atoms with Gasteiger partial charge in [-0.15, -0.1) is 0 Å². The summed E-state index contributed by atoms with van der Waals surface area (Å²) < 4.78 is 5.24. The maximum Gasteiger partial charge on any atom is 0.303 e. The van der Waals surface area contributed by atoms with Crippen LogP contribution in [0.25, 0.3) is 0 Å². The van der Waals surface area contributed by atoms with Crippen molar-refractivity contribution >= 4 is 11.8 Å². The van der Waals surface area contributed by atoms with E-state index in [0.29, 0.717) is 25.3 Å². The van der Waals surface area contributed by atoms with Crippen LogP contribution < -0.4 is 5.32 Å². The number of hydrogen-bond acceptors (Lipinski definition) is 4. The fraction of sp³-hybridized carbons (Fsp3) is 0.500. The molecule has 0 saturated heterocycles. The van der Waals surface area contributed by atoms with Gasteiger partial charge in [0, 0.05) is 25.2 Å². The Hall–Kier alpha value is -1.72. The topological polar surface area (TPSA) is 75.6 Å². The lowest BCUT2D eigenvalue weighted by atomic mass is 10.00. The summed E-state index contributed by atoms with van der Waals surface area (Å²) in [7, 11) is 0. The van der Waals surface area contributed by atoms with E-state index in [1.54, 1.807) is 24.3 Å². The number of aliphatic carboxylic acids is 1. The molecular weight excluding hydrogens is 270 g/mol. The third kappa shape index (κ3) is 7.02. The van der Waals surface area contributed by atoms with Crippen LogP contribution in [0.15, 0.2) is 30.3 Å². The SMILES string of the molecule is CCOCCCNC(CCC(=O)O)C(=O)c1ccccc1. The van der Waals surface area contributed by atoms with Gasteiger partial charge >= 0.3 is 5.97 Å². The van der Waals surface area contributed by atoms with Crippen molar-refractivity contribution in [3.05, 3.63) is 35.9 Å². The van der Waals surface area contributed by atoms with E-state index < -0.39 is 12.0 Å². The molecule has 0 saturated carbocycles. The fourth-order valence-corrected chi connectivity index (χ4v) is 1.99. The van der Waals surface area contributed by atoms with E-state index in [1.807, 2.05) is 13.0 Å². The van der Waals surface area contributed by atoms with Crippen molar-refractivity contribution in [1.82, 2.24) is 5.32 Å². The van der Waals surface area contributed by atoms with Crippen LogP contribution in [0.2, 0.25) is 0 Å². The molecule has 1 atom stereocenters. The number of carbonyl (C=O) groups excluding carboxylic acids is 1. The van der Waals surface area contributed by atoms with Gasteiger partial charge in [-0.3, -0.25) is 9.59 Å². The number of ether oxygens (including phenoxy) is 1. The summed E-state index contributed by atoms with van der Waals surface area (Å²) in [5, 5.41) is 11.9. The summed E-state index contributed by atoms with van der Waals surface area (Å²) in [6, 6.07) is 8.48. The van der Waals surface area contributed by atoms with Crippen molar-refractivity contribution in [2.24, 2.45) is 0 Å². The second-order valence-electron chi connectivity index (χ2n) is 4.72. The van der Waals surface area contributed by atoms with Gasteiger partial charge in [0.15, 0.2) is 5.78 Å². The number of hydrogen-bond donors (Lipinski definition) is 2. The summed E-state index contributed by atoms with van der Waals surface area (Å²) in [4.78, 5) is 23.1. The third-order valence-corrected chi connectivity index (χ3v) is 3.08. The van der Waals surface area contributed by atoms with Crippen molar-refractivity contribution in [3.63, 3.8) is 0 Å². The monoisotopic (exact) mass is 293 g/mol. The Labute approximate surface area is 125 Å². The van der Waals surface area contributed by atoms with Crippen LogP contribution in [0.1, 0.15) is 36.5 Å². The van der Waals surface area contributed by atoms with Crippen LogP contribution in [0.4, 0.5) is 0 Å². The van der Waals surface area contributed by atoms with Gasteiger partial charge in [-0.1, -0.05) is 30.3 Å². The minimum absolute atomic E-state index is 0.0261. The van der Waals surface area contributed by atoms with E-state index in [-0.39, 0.29) is 18.6 Å². The molecule has 21 heavy (non-hydrogen) atoms. The molecule has 0 bridgehead atoms. The zero-order valence-electron chi connectivity index (χ0n) is 12.4. The lowest BCUT2D eigenvalue weighted by molar-refractivity contribution is -0.137. The molecule has 0 spiro atoms. The van der Waals surface area contributed by atoms with Crippen molar-refractivity contribution < 1.29 is 19.4 Å². The molecule has 0 fully saturated rings. The molecule has 5 nitrogen and oxygen atoms in total. The molecule has 1 aromatic rings. The van der Waals surface area contributed by atoms with Gasteiger partial charge in [0.2, 0.25) is 0 Å². The van der Waals surface area contributed by atoms with E-state index in [2.05, 4.69) is 5.32 Å². The number of rotatable bonds is 11. The molecule has 0 heterocycles. The molecule has 0 aromatic heterocycles. The number of nitrogens with one attached hydrogen (secondary N) is 1. The minimum atomic E-state index is -0.892. The highest BCUT2D eigenvalue weighted by molar-refractivity contribution is 6.00. The fourth-order valence-electron chi connectivity index (χ4n) is 1.99. The molecule has 116 valence electrons. The summed E-state index contributed by atoms with van der Waals surface area (Å²) in [6.07, 6.45) is 1.05. The summed E-state index contributed by atoms with van der Waals surface area (Å²) >= 11 is 0. The number of carbonyl (C=O) groups is 2. The highest BCUT2D eigenvalue weighted by Gasteiger charge is 2.20. The van der Waals surface area contributed by atoms with Crippen LogP contribution in [0.3, 0.4) is 0 Å². The predicted molar refractivity (Wildman–Crippen MR) is 80.5 cm³/mol. The first-order valence-corrected chi connectivity index (χ1v) is 7.27. The van der Waals surface area contributed by atoms with Gasteiger partial charge in [-0.05, 0) is 26.3 Å². The third-order valence-electron chi connectivity index (χ3n) is 3.08. The molecule has 0 amide bonds. The quantitative estimate of drug-likeness (QED) is 0.483. The molecule has 5 heteroatoms. The standard InChI is InChI=1S/C16H23NO4/c1-2-21-12-6-11-17-14(9-10-15(18)19)16(20)13-7-4-3-5-8-13/h3-5,7-8,14,17H,2,6,9-12H2,1H3,(H,18,19). The van der Waals surface area contributed by atoms with Crippen molar-refractivity contribution in [3.8, 4) is 0 Å². The van der Waals surface area contributed by atoms with Crippen LogP contribution in [-0.4, -0.2) is 42.7 Å². The number of benzene rings is 1. The first kappa shape index (κ1) is 17.3. The van der Waals surface area contributed by atoms with Gasteiger partial charge in [0.25, 0.3) is 0 Å². The van der Waals surface area contributed by atoms with E-state index >= 15 is 0 Å². The molecule has 0 aliphatic rings. The Morgan fingerprint density at radius 1 is 1.29 bits per heavy atom. The summed E-state index contributed by atoms with van der Waals surface area (Å²) in [6.45, 7) is 3.87. The van der Waals surface area contributed by atoms with Crippen LogP contribution in [0.5, 0.6) is 0 Å². The maximum absolute atomic E-state index is 12.4. The maximum atomic E-state index is 12.4. The Kier molecular flexibility index (Phi) is 8.31. The highest BCUT2D eigenvalue weighted by atomic mass is 16.5. The summed E-state index contributed by atoms with van der Waals surface area (Å²) in [5.41, 5.74) is 0.602. The Balaban J connectivity index is 2.54. The first-order chi connectivity index (χ1) is 10.1. The molecule has 1 unspecified atom stereocenters. The lowest BCUT2D eigenvalue weighted by Crippen LogP contribution is -2.38. The molecule has 2 N–H and O–H groups in total. The molecule has 1 aromatic carbocycles. The normalized spacial score (nSPS) is 12.0. The highest BCUT2D eigenvalue weighted by Crippen LogP contribution is 2.08. The largest absolute Gasteiger partial charge is 0.481 e. The molecule has 0 aliphatic heterocycles. The van der Waals surface area contributed by atoms with Gasteiger partial charge in [-0.2, -0.15) is 0 Å². The Morgan fingerprint density at radius 2 is 2.00 bits per heavy atom. The molecule has 0 aliphatic carbocycles. The van der Waals surface area contributed by atoms with Crippen molar-refractivity contribution in [2.45, 2.75) is 32.2 Å². The van der Waals surface area contributed by atoms with E-state index in [1.165, 1.54) is 0 Å². The average molecular weight is 293 g/mol. The first-order valence-electron chi connectivity index (χ1n) is 7.27. The summed E-state index contributed by atoms with van der Waals surface area (Å²) in [5.74, 6) is -0.953. The van der Waals surface area contributed by atoms with Crippen LogP contribution in [-0.2, 0) is 9.53 Å². The number of carboxylic acids is 1. The number of Topliss-reactive ketones (excluding diaryl/α,β-unsaturated/α-hetero) is 1. The predicted octanol–water partition coefficient (Wildman–Crippen LogP) is 2.12. The number of ketones is 1. The van der Waals surface area contributed by atoms with E-state index in [9.17, 15) is 9.59 Å². The smallest absolute Gasteiger partial charge is 0.303 e.